The molecule has 5 heteroatoms. The molecule has 0 aliphatic rings. The first kappa shape index (κ1) is 20.3. The highest BCUT2D eigenvalue weighted by molar-refractivity contribution is 6.32. The van der Waals surface area contributed by atoms with Crippen LogP contribution in [0.5, 0.6) is 0 Å². The zero-order valence-corrected chi connectivity index (χ0v) is 17.5. The summed E-state index contributed by atoms with van der Waals surface area (Å²) in [5.41, 5.74) is 3.56. The molecule has 0 N–H and O–H groups in total. The van der Waals surface area contributed by atoms with Gasteiger partial charge in [0.2, 0.25) is 0 Å². The second-order valence-electron chi connectivity index (χ2n) is 6.81. The Kier molecular flexibility index (Phi) is 5.67. The maximum Gasteiger partial charge on any atom is 0.188 e. The van der Waals surface area contributed by atoms with Gasteiger partial charge in [0.25, 0.3) is 0 Å². The van der Waals surface area contributed by atoms with E-state index in [1.54, 1.807) is 25.1 Å². The lowest BCUT2D eigenvalue weighted by atomic mass is 9.92. The molecule has 0 atom stereocenters. The van der Waals surface area contributed by atoms with Gasteiger partial charge in [-0.05, 0) is 55.0 Å². The van der Waals surface area contributed by atoms with E-state index in [9.17, 15) is 9.18 Å². The highest BCUT2D eigenvalue weighted by Gasteiger charge is 2.19. The fourth-order valence-electron chi connectivity index (χ4n) is 3.48. The van der Waals surface area contributed by atoms with Crippen LogP contribution in [-0.2, 0) is 0 Å². The third-order valence-electron chi connectivity index (χ3n) is 4.84. The molecule has 4 aromatic rings. The van der Waals surface area contributed by atoms with Crippen LogP contribution in [0.15, 0.2) is 72.8 Å². The van der Waals surface area contributed by atoms with Gasteiger partial charge in [0.05, 0.1) is 16.1 Å². The van der Waals surface area contributed by atoms with Gasteiger partial charge in [0, 0.05) is 27.2 Å². The maximum atomic E-state index is 14.1. The van der Waals surface area contributed by atoms with Crippen molar-refractivity contribution in [3.05, 3.63) is 105 Å². The SMILES string of the molecule is Cc1nc2ccc(Cl)cc2c(-c2ccccc2)c1C(=O)C=Cc1c(F)cccc1Cl. The van der Waals surface area contributed by atoms with Crippen molar-refractivity contribution >= 4 is 46.0 Å². The van der Waals surface area contributed by atoms with Crippen molar-refractivity contribution in [1.29, 1.82) is 0 Å². The standard InChI is InChI=1S/C25H16Cl2FNO/c1-15-24(23(30)13-11-18-20(27)8-5-9-21(18)28)25(16-6-3-2-4-7-16)19-14-17(26)10-12-22(19)29-15/h2-14H,1H3. The Labute approximate surface area is 183 Å². The molecule has 0 spiro atoms. The minimum absolute atomic E-state index is 0.170. The minimum atomic E-state index is -0.491. The van der Waals surface area contributed by atoms with E-state index in [0.717, 1.165) is 22.0 Å². The molecule has 1 aromatic heterocycles. The average Bonchev–Trinajstić information content (AvgIpc) is 2.73. The number of nitrogens with zero attached hydrogens (tertiary/aromatic N) is 1. The highest BCUT2D eigenvalue weighted by Crippen LogP contribution is 2.35. The quantitative estimate of drug-likeness (QED) is 0.244. The first-order valence-corrected chi connectivity index (χ1v) is 10.0. The van der Waals surface area contributed by atoms with Crippen LogP contribution < -0.4 is 0 Å². The predicted octanol–water partition coefficient (Wildman–Crippen LogP) is 7.55. The Hall–Kier alpha value is -3.01. The van der Waals surface area contributed by atoms with E-state index in [1.807, 2.05) is 36.4 Å². The van der Waals surface area contributed by atoms with Crippen molar-refractivity contribution < 1.29 is 9.18 Å². The van der Waals surface area contributed by atoms with Crippen LogP contribution in [-0.4, -0.2) is 10.8 Å². The molecule has 0 unspecified atom stereocenters. The highest BCUT2D eigenvalue weighted by atomic mass is 35.5. The summed E-state index contributed by atoms with van der Waals surface area (Å²) in [6.07, 6.45) is 2.73. The third-order valence-corrected chi connectivity index (χ3v) is 5.40. The van der Waals surface area contributed by atoms with E-state index in [2.05, 4.69) is 4.98 Å². The number of fused-ring (bicyclic) bond motifs is 1. The normalized spacial score (nSPS) is 11.3. The second kappa shape index (κ2) is 8.39. The molecule has 0 aliphatic heterocycles. The number of hydrogen-bond acceptors (Lipinski definition) is 2. The molecule has 30 heavy (non-hydrogen) atoms. The van der Waals surface area contributed by atoms with E-state index < -0.39 is 5.82 Å². The van der Waals surface area contributed by atoms with Crippen LogP contribution in [0.2, 0.25) is 10.0 Å². The Morgan fingerprint density at radius 2 is 1.77 bits per heavy atom. The number of ketones is 1. The summed E-state index contributed by atoms with van der Waals surface area (Å²) in [6.45, 7) is 1.79. The van der Waals surface area contributed by atoms with Crippen molar-refractivity contribution in [2.75, 3.05) is 0 Å². The summed E-state index contributed by atoms with van der Waals surface area (Å²) in [5, 5.41) is 1.57. The van der Waals surface area contributed by atoms with Gasteiger partial charge in [-0.2, -0.15) is 0 Å². The number of allylic oxidation sites excluding steroid dienone is 1. The number of benzene rings is 3. The van der Waals surface area contributed by atoms with E-state index >= 15 is 0 Å². The van der Waals surface area contributed by atoms with Crippen molar-refractivity contribution in [2.45, 2.75) is 6.92 Å². The fraction of sp³-hybridized carbons (Fsp3) is 0.0400. The van der Waals surface area contributed by atoms with Crippen molar-refractivity contribution in [3.63, 3.8) is 0 Å². The van der Waals surface area contributed by atoms with Gasteiger partial charge < -0.3 is 0 Å². The summed E-state index contributed by atoms with van der Waals surface area (Å²) in [6, 6.07) is 19.4. The molecule has 0 fully saturated rings. The Morgan fingerprint density at radius 1 is 1.00 bits per heavy atom. The molecule has 4 rings (SSSR count). The molecule has 1 heterocycles. The van der Waals surface area contributed by atoms with E-state index in [1.165, 1.54) is 24.3 Å². The summed E-state index contributed by atoms with van der Waals surface area (Å²) < 4.78 is 14.1. The minimum Gasteiger partial charge on any atom is -0.289 e. The second-order valence-corrected chi connectivity index (χ2v) is 7.65. The van der Waals surface area contributed by atoms with Gasteiger partial charge in [-0.1, -0.05) is 59.6 Å². The Morgan fingerprint density at radius 3 is 2.50 bits per heavy atom. The lowest BCUT2D eigenvalue weighted by Gasteiger charge is -2.14. The van der Waals surface area contributed by atoms with Crippen molar-refractivity contribution in [1.82, 2.24) is 4.98 Å². The van der Waals surface area contributed by atoms with E-state index in [4.69, 9.17) is 23.2 Å². The monoisotopic (exact) mass is 435 g/mol. The molecule has 0 radical (unpaired) electrons. The number of hydrogen-bond donors (Lipinski definition) is 0. The number of aromatic nitrogens is 1. The van der Waals surface area contributed by atoms with Gasteiger partial charge >= 0.3 is 0 Å². The summed E-state index contributed by atoms with van der Waals surface area (Å²) in [4.78, 5) is 17.9. The van der Waals surface area contributed by atoms with Crippen LogP contribution in [0.25, 0.3) is 28.1 Å². The third kappa shape index (κ3) is 3.87. The van der Waals surface area contributed by atoms with Crippen molar-refractivity contribution in [2.24, 2.45) is 0 Å². The topological polar surface area (TPSA) is 30.0 Å². The van der Waals surface area contributed by atoms with Crippen LogP contribution in [0.3, 0.4) is 0 Å². The van der Waals surface area contributed by atoms with Crippen LogP contribution in [0.4, 0.5) is 4.39 Å². The lowest BCUT2D eigenvalue weighted by molar-refractivity contribution is 0.104. The molecule has 148 valence electrons. The number of halogens is 3. The number of aryl methyl sites for hydroxylation is 1. The number of rotatable bonds is 4. The Balaban J connectivity index is 1.93. The molecule has 0 aliphatic carbocycles. The first-order chi connectivity index (χ1) is 14.5. The van der Waals surface area contributed by atoms with Gasteiger partial charge in [-0.25, -0.2) is 4.39 Å². The zero-order chi connectivity index (χ0) is 21.3. The molecular weight excluding hydrogens is 420 g/mol. The molecule has 0 saturated carbocycles. The molecule has 2 nitrogen and oxygen atoms in total. The van der Waals surface area contributed by atoms with E-state index in [0.29, 0.717) is 16.3 Å². The predicted molar refractivity (Wildman–Crippen MR) is 122 cm³/mol. The first-order valence-electron chi connectivity index (χ1n) is 9.27. The maximum absolute atomic E-state index is 14.1. The fourth-order valence-corrected chi connectivity index (χ4v) is 3.87. The van der Waals surface area contributed by atoms with Gasteiger partial charge in [0.15, 0.2) is 5.78 Å². The Bertz CT molecular complexity index is 1280. The molecular formula is C25H16Cl2FNO. The molecule has 3 aromatic carbocycles. The molecule has 0 bridgehead atoms. The van der Waals surface area contributed by atoms with Gasteiger partial charge in [-0.3, -0.25) is 9.78 Å². The largest absolute Gasteiger partial charge is 0.289 e. The number of pyridine rings is 1. The van der Waals surface area contributed by atoms with E-state index in [-0.39, 0.29) is 16.4 Å². The number of carbonyl (C=O) groups is 1. The lowest BCUT2D eigenvalue weighted by Crippen LogP contribution is -2.05. The molecule has 0 amide bonds. The van der Waals surface area contributed by atoms with Gasteiger partial charge in [-0.15, -0.1) is 0 Å². The zero-order valence-electron chi connectivity index (χ0n) is 16.0. The smallest absolute Gasteiger partial charge is 0.188 e. The molecule has 0 saturated heterocycles. The number of carbonyl (C=O) groups excluding carboxylic acids is 1. The van der Waals surface area contributed by atoms with Crippen LogP contribution >= 0.6 is 23.2 Å². The summed E-state index contributed by atoms with van der Waals surface area (Å²) in [5.74, 6) is -0.782. The average molecular weight is 436 g/mol. The van der Waals surface area contributed by atoms with Crippen LogP contribution in [0, 0.1) is 12.7 Å². The summed E-state index contributed by atoms with van der Waals surface area (Å²) >= 11 is 12.3. The summed E-state index contributed by atoms with van der Waals surface area (Å²) in [7, 11) is 0. The van der Waals surface area contributed by atoms with Crippen LogP contribution in [0.1, 0.15) is 21.6 Å². The van der Waals surface area contributed by atoms with Gasteiger partial charge in [0.1, 0.15) is 5.82 Å². The van der Waals surface area contributed by atoms with Crippen molar-refractivity contribution in [3.8, 4) is 11.1 Å².